The van der Waals surface area contributed by atoms with Crippen LogP contribution in [0.25, 0.3) is 0 Å². The van der Waals surface area contributed by atoms with Gasteiger partial charge in [0, 0.05) is 0 Å². The van der Waals surface area contributed by atoms with Crippen molar-refractivity contribution in [2.75, 3.05) is 26.4 Å². The molecule has 0 atom stereocenters. The fraction of sp³-hybridized carbons (Fsp3) is 0.129. The van der Waals surface area contributed by atoms with Crippen molar-refractivity contribution in [3.05, 3.63) is 105 Å². The van der Waals surface area contributed by atoms with E-state index in [1.54, 1.807) is 0 Å². The molecule has 0 amide bonds. The summed E-state index contributed by atoms with van der Waals surface area (Å²) in [5.41, 5.74) is -1.58. The maximum Gasteiger partial charge on any atom is 0.346 e. The van der Waals surface area contributed by atoms with Crippen LogP contribution in [0.4, 0.5) is 0 Å². The first-order valence-corrected chi connectivity index (χ1v) is 13.3. The Morgan fingerprint density at radius 2 is 0.830 bits per heavy atom. The molecule has 2 aliphatic heterocycles. The Balaban J connectivity index is 1.09. The summed E-state index contributed by atoms with van der Waals surface area (Å²) in [7, 11) is 0. The molecule has 16 heteroatoms. The zero-order chi connectivity index (χ0) is 33.8. The second-order valence-corrected chi connectivity index (χ2v) is 9.48. The molecular weight excluding hydrogens is 628 g/mol. The molecule has 3 aromatic carbocycles. The average Bonchev–Trinajstić information content (AvgIpc) is 3.51. The van der Waals surface area contributed by atoms with E-state index in [9.17, 15) is 48.3 Å². The van der Waals surface area contributed by atoms with Crippen molar-refractivity contribution >= 4 is 53.7 Å². The number of benzene rings is 3. The molecule has 3 aromatic rings. The molecule has 0 saturated carbocycles. The van der Waals surface area contributed by atoms with E-state index in [0.29, 0.717) is 0 Å². The van der Waals surface area contributed by atoms with Gasteiger partial charge in [0.15, 0.2) is 0 Å². The molecule has 2 heterocycles. The van der Waals surface area contributed by atoms with Gasteiger partial charge >= 0.3 is 53.7 Å². The largest absolute Gasteiger partial charge is 0.478 e. The van der Waals surface area contributed by atoms with Crippen molar-refractivity contribution in [1.82, 2.24) is 0 Å². The lowest BCUT2D eigenvalue weighted by molar-refractivity contribution is 0.0261. The van der Waals surface area contributed by atoms with Gasteiger partial charge in [-0.05, 0) is 54.6 Å². The van der Waals surface area contributed by atoms with Crippen LogP contribution in [0.15, 0.2) is 54.6 Å². The highest BCUT2D eigenvalue weighted by atomic mass is 16.6. The van der Waals surface area contributed by atoms with Crippen molar-refractivity contribution in [3.8, 4) is 0 Å². The van der Waals surface area contributed by atoms with Crippen LogP contribution in [0.2, 0.25) is 0 Å². The highest BCUT2D eigenvalue weighted by molar-refractivity contribution is 6.16. The smallest absolute Gasteiger partial charge is 0.346 e. The normalized spacial score (nSPS) is 12.8. The summed E-state index contributed by atoms with van der Waals surface area (Å²) >= 11 is 0. The Labute approximate surface area is 261 Å². The molecule has 5 rings (SSSR count). The predicted octanol–water partition coefficient (Wildman–Crippen LogP) is 2.03. The molecule has 0 spiro atoms. The lowest BCUT2D eigenvalue weighted by Gasteiger charge is -2.10. The summed E-state index contributed by atoms with van der Waals surface area (Å²) in [6, 6.07) is 10.2. The molecule has 16 nitrogen and oxygen atoms in total. The third kappa shape index (κ3) is 6.70. The molecule has 1 N–H and O–H groups in total. The van der Waals surface area contributed by atoms with Gasteiger partial charge in [0.05, 0.1) is 50.1 Å². The highest BCUT2D eigenvalue weighted by Gasteiger charge is 2.32. The SMILES string of the molecule is O=C(OCCOC(=O)c1ccc2c(c1)C(=O)OC2=O)c1ccc(C(=O)OCCOC(=O)c2ccc3c(c2)C(=O)OC3=O)c(C(=O)O)c1. The minimum atomic E-state index is -1.57. The number of ether oxygens (including phenoxy) is 6. The van der Waals surface area contributed by atoms with Gasteiger partial charge in [-0.1, -0.05) is 0 Å². The van der Waals surface area contributed by atoms with E-state index in [1.807, 2.05) is 0 Å². The van der Waals surface area contributed by atoms with E-state index < -0.39 is 91.3 Å². The van der Waals surface area contributed by atoms with Crippen molar-refractivity contribution in [2.45, 2.75) is 0 Å². The molecule has 0 radical (unpaired) electrons. The van der Waals surface area contributed by atoms with Crippen molar-refractivity contribution in [1.29, 1.82) is 0 Å². The van der Waals surface area contributed by atoms with Gasteiger partial charge < -0.3 is 33.5 Å². The van der Waals surface area contributed by atoms with Gasteiger partial charge in [-0.2, -0.15) is 0 Å². The average molecular weight is 646 g/mol. The number of esters is 8. The fourth-order valence-corrected chi connectivity index (χ4v) is 4.32. The van der Waals surface area contributed by atoms with Crippen LogP contribution in [0, 0.1) is 0 Å². The number of carbonyl (C=O) groups is 9. The number of carboxylic acids is 1. The summed E-state index contributed by atoms with van der Waals surface area (Å²) in [6.45, 7) is -1.77. The third-order valence-electron chi connectivity index (χ3n) is 6.57. The molecule has 0 aliphatic carbocycles. The van der Waals surface area contributed by atoms with Crippen LogP contribution in [-0.4, -0.2) is 85.3 Å². The number of hydrogen-bond donors (Lipinski definition) is 1. The minimum absolute atomic E-state index is 0.00117. The molecule has 47 heavy (non-hydrogen) atoms. The van der Waals surface area contributed by atoms with E-state index in [4.69, 9.17) is 18.9 Å². The monoisotopic (exact) mass is 646 g/mol. The minimum Gasteiger partial charge on any atom is -0.478 e. The van der Waals surface area contributed by atoms with E-state index in [0.717, 1.165) is 30.3 Å². The van der Waals surface area contributed by atoms with Crippen LogP contribution >= 0.6 is 0 Å². The molecular formula is C31H18O16. The van der Waals surface area contributed by atoms with Crippen LogP contribution < -0.4 is 0 Å². The molecule has 0 bridgehead atoms. The number of rotatable bonds is 11. The number of hydrogen-bond acceptors (Lipinski definition) is 15. The Morgan fingerprint density at radius 3 is 1.26 bits per heavy atom. The molecule has 2 aliphatic rings. The second-order valence-electron chi connectivity index (χ2n) is 9.48. The van der Waals surface area contributed by atoms with Crippen molar-refractivity contribution in [3.63, 3.8) is 0 Å². The first-order valence-electron chi connectivity index (χ1n) is 13.3. The van der Waals surface area contributed by atoms with E-state index in [-0.39, 0.29) is 38.9 Å². The maximum absolute atomic E-state index is 12.5. The summed E-state index contributed by atoms with van der Waals surface area (Å²) in [6.07, 6.45) is 0. The van der Waals surface area contributed by atoms with Crippen LogP contribution in [-0.2, 0) is 28.4 Å². The molecule has 0 saturated heterocycles. The Kier molecular flexibility index (Phi) is 8.84. The molecule has 0 fully saturated rings. The van der Waals surface area contributed by atoms with E-state index in [1.165, 1.54) is 24.3 Å². The Hall–Kier alpha value is -6.71. The number of aromatic carboxylic acids is 1. The summed E-state index contributed by atoms with van der Waals surface area (Å²) in [5, 5.41) is 9.58. The van der Waals surface area contributed by atoms with Crippen LogP contribution in [0.5, 0.6) is 0 Å². The van der Waals surface area contributed by atoms with Crippen LogP contribution in [0.3, 0.4) is 0 Å². The van der Waals surface area contributed by atoms with Crippen LogP contribution in [0.1, 0.15) is 93.2 Å². The lowest BCUT2D eigenvalue weighted by atomic mass is 10.0. The lowest BCUT2D eigenvalue weighted by Crippen LogP contribution is -2.18. The maximum atomic E-state index is 12.5. The van der Waals surface area contributed by atoms with E-state index >= 15 is 0 Å². The van der Waals surface area contributed by atoms with Crippen molar-refractivity contribution in [2.24, 2.45) is 0 Å². The van der Waals surface area contributed by atoms with Gasteiger partial charge in [-0.25, -0.2) is 43.2 Å². The summed E-state index contributed by atoms with van der Waals surface area (Å²) in [5.74, 6) is -8.94. The molecule has 238 valence electrons. The summed E-state index contributed by atoms with van der Waals surface area (Å²) in [4.78, 5) is 108. The van der Waals surface area contributed by atoms with Gasteiger partial charge in [0.2, 0.25) is 0 Å². The van der Waals surface area contributed by atoms with Gasteiger partial charge in [0.25, 0.3) is 0 Å². The standard InChI is InChI=1S/C31H18O16/c32-23(33)20-11-14(24(34)42-7-8-43-25(35)15-2-5-18-21(12-15)30(40)46-28(18)38)1-4-17(20)27(37)45-10-9-44-26(36)16-3-6-19-22(13-16)31(41)47-29(19)39/h1-6,11-13H,7-10H2,(H,32,33). The number of carbonyl (C=O) groups excluding carboxylic acids is 8. The predicted molar refractivity (Wildman–Crippen MR) is 147 cm³/mol. The molecule has 0 aromatic heterocycles. The molecule has 0 unspecified atom stereocenters. The zero-order valence-electron chi connectivity index (χ0n) is 23.6. The van der Waals surface area contributed by atoms with E-state index in [2.05, 4.69) is 9.47 Å². The second kappa shape index (κ2) is 13.1. The fourth-order valence-electron chi connectivity index (χ4n) is 4.32. The first kappa shape index (κ1) is 31.7. The number of cyclic esters (lactones) is 4. The van der Waals surface area contributed by atoms with Gasteiger partial charge in [-0.3, -0.25) is 0 Å². The Morgan fingerprint density at radius 1 is 0.468 bits per heavy atom. The zero-order valence-corrected chi connectivity index (χ0v) is 23.6. The Bertz CT molecular complexity index is 1920. The number of carboxylic acid groups (broad SMARTS) is 1. The van der Waals surface area contributed by atoms with Gasteiger partial charge in [-0.15, -0.1) is 0 Å². The highest BCUT2D eigenvalue weighted by Crippen LogP contribution is 2.23. The number of fused-ring (bicyclic) bond motifs is 2. The topological polar surface area (TPSA) is 229 Å². The van der Waals surface area contributed by atoms with Gasteiger partial charge in [0.1, 0.15) is 26.4 Å². The van der Waals surface area contributed by atoms with Crippen molar-refractivity contribution < 1.29 is 76.7 Å². The third-order valence-corrected chi connectivity index (χ3v) is 6.57. The quantitative estimate of drug-likeness (QED) is 0.136. The summed E-state index contributed by atoms with van der Waals surface area (Å²) < 4.78 is 28.8. The first-order chi connectivity index (χ1) is 22.4.